The lowest BCUT2D eigenvalue weighted by atomic mass is 9.99. The Morgan fingerprint density at radius 3 is 2.39 bits per heavy atom. The number of benzene rings is 2. The first kappa shape index (κ1) is 12.7. The zero-order chi connectivity index (χ0) is 13.0. The fraction of sp³-hybridized carbons (Fsp3) is 0.294. The third-order valence-electron chi connectivity index (χ3n) is 3.28. The summed E-state index contributed by atoms with van der Waals surface area (Å²) in [7, 11) is 0. The Morgan fingerprint density at radius 1 is 0.944 bits per heavy atom. The number of phenolic OH excluding ortho intramolecular Hbond substituents is 1. The zero-order valence-corrected chi connectivity index (χ0v) is 11.1. The molecule has 1 heteroatoms. The van der Waals surface area contributed by atoms with Gasteiger partial charge in [0.1, 0.15) is 5.75 Å². The van der Waals surface area contributed by atoms with E-state index in [9.17, 15) is 5.11 Å². The second-order valence-corrected chi connectivity index (χ2v) is 4.93. The molecule has 0 bridgehead atoms. The summed E-state index contributed by atoms with van der Waals surface area (Å²) < 4.78 is 0. The molecule has 1 nitrogen and oxygen atoms in total. The van der Waals surface area contributed by atoms with Crippen LogP contribution in [0.1, 0.15) is 28.7 Å². The molecular weight excluding hydrogens is 220 g/mol. The van der Waals surface area contributed by atoms with Gasteiger partial charge in [-0.2, -0.15) is 0 Å². The number of aromatic hydroxyl groups is 1. The van der Waals surface area contributed by atoms with Gasteiger partial charge in [-0.05, 0) is 49.8 Å². The summed E-state index contributed by atoms with van der Waals surface area (Å²) in [4.78, 5) is 0. The molecule has 1 N–H and O–H groups in total. The normalized spacial score (nSPS) is 10.6. The Hall–Kier alpha value is -1.76. The molecule has 18 heavy (non-hydrogen) atoms. The minimum absolute atomic E-state index is 0.466. The van der Waals surface area contributed by atoms with Crippen LogP contribution in [-0.2, 0) is 12.8 Å². The van der Waals surface area contributed by atoms with E-state index in [1.807, 2.05) is 19.1 Å². The molecule has 0 unspecified atom stereocenters. The molecule has 0 aliphatic rings. The number of aryl methyl sites for hydroxylation is 4. The van der Waals surface area contributed by atoms with Crippen molar-refractivity contribution >= 4 is 0 Å². The first-order valence-electron chi connectivity index (χ1n) is 6.50. The van der Waals surface area contributed by atoms with Gasteiger partial charge in [0.2, 0.25) is 0 Å². The maximum absolute atomic E-state index is 10.0. The lowest BCUT2D eigenvalue weighted by Crippen LogP contribution is -1.93. The molecule has 0 saturated carbocycles. The van der Waals surface area contributed by atoms with Gasteiger partial charge in [-0.1, -0.05) is 48.0 Å². The van der Waals surface area contributed by atoms with Gasteiger partial charge in [-0.25, -0.2) is 0 Å². The van der Waals surface area contributed by atoms with Gasteiger partial charge in [-0.15, -0.1) is 0 Å². The van der Waals surface area contributed by atoms with Crippen LogP contribution in [0, 0.1) is 13.8 Å². The molecule has 0 heterocycles. The lowest BCUT2D eigenvalue weighted by molar-refractivity contribution is 0.462. The third kappa shape index (κ3) is 3.13. The van der Waals surface area contributed by atoms with Gasteiger partial charge < -0.3 is 5.11 Å². The van der Waals surface area contributed by atoms with Gasteiger partial charge >= 0.3 is 0 Å². The monoisotopic (exact) mass is 240 g/mol. The van der Waals surface area contributed by atoms with Crippen molar-refractivity contribution in [1.29, 1.82) is 0 Å². The van der Waals surface area contributed by atoms with Gasteiger partial charge in [-0.3, -0.25) is 0 Å². The molecular formula is C17H20O. The van der Waals surface area contributed by atoms with Crippen LogP contribution in [0.15, 0.2) is 42.5 Å². The van der Waals surface area contributed by atoms with Crippen LogP contribution in [0.5, 0.6) is 5.75 Å². The topological polar surface area (TPSA) is 20.2 Å². The summed E-state index contributed by atoms with van der Waals surface area (Å²) in [6.07, 6.45) is 3.07. The summed E-state index contributed by atoms with van der Waals surface area (Å²) in [5.41, 5.74) is 4.63. The van der Waals surface area contributed by atoms with Crippen molar-refractivity contribution < 1.29 is 5.11 Å². The average Bonchev–Trinajstić information content (AvgIpc) is 2.36. The van der Waals surface area contributed by atoms with Crippen LogP contribution in [0.3, 0.4) is 0 Å². The average molecular weight is 240 g/mol. The number of hydrogen-bond donors (Lipinski definition) is 1. The molecule has 0 atom stereocenters. The molecule has 2 aromatic rings. The van der Waals surface area contributed by atoms with E-state index in [1.165, 1.54) is 11.1 Å². The van der Waals surface area contributed by atoms with E-state index in [2.05, 4.69) is 37.3 Å². The van der Waals surface area contributed by atoms with Crippen molar-refractivity contribution in [1.82, 2.24) is 0 Å². The van der Waals surface area contributed by atoms with E-state index in [-0.39, 0.29) is 0 Å². The molecule has 0 aliphatic carbocycles. The highest BCUT2D eigenvalue weighted by Gasteiger charge is 2.05. The smallest absolute Gasteiger partial charge is 0.121 e. The predicted octanol–water partition coefficient (Wildman–Crippen LogP) is 4.18. The van der Waals surface area contributed by atoms with Crippen molar-refractivity contribution in [3.63, 3.8) is 0 Å². The highest BCUT2D eigenvalue weighted by molar-refractivity contribution is 5.42. The summed E-state index contributed by atoms with van der Waals surface area (Å²) in [5, 5.41) is 10.0. The highest BCUT2D eigenvalue weighted by Crippen LogP contribution is 2.25. The molecule has 0 saturated heterocycles. The van der Waals surface area contributed by atoms with Crippen molar-refractivity contribution in [2.75, 3.05) is 0 Å². The van der Waals surface area contributed by atoms with Gasteiger partial charge in [0.15, 0.2) is 0 Å². The Kier molecular flexibility index (Phi) is 4.03. The maximum Gasteiger partial charge on any atom is 0.121 e. The van der Waals surface area contributed by atoms with E-state index in [0.29, 0.717) is 5.75 Å². The quantitative estimate of drug-likeness (QED) is 0.849. The number of hydrogen-bond acceptors (Lipinski definition) is 1. The van der Waals surface area contributed by atoms with Crippen molar-refractivity contribution in [2.24, 2.45) is 0 Å². The number of rotatable bonds is 4. The second-order valence-electron chi connectivity index (χ2n) is 4.93. The van der Waals surface area contributed by atoms with E-state index >= 15 is 0 Å². The largest absolute Gasteiger partial charge is 0.507 e. The molecule has 94 valence electrons. The molecule has 2 rings (SSSR count). The van der Waals surface area contributed by atoms with E-state index in [4.69, 9.17) is 0 Å². The van der Waals surface area contributed by atoms with E-state index < -0.39 is 0 Å². The zero-order valence-electron chi connectivity index (χ0n) is 11.1. The first-order valence-corrected chi connectivity index (χ1v) is 6.50. The van der Waals surface area contributed by atoms with Gasteiger partial charge in [0, 0.05) is 0 Å². The molecule has 0 radical (unpaired) electrons. The summed E-state index contributed by atoms with van der Waals surface area (Å²) >= 11 is 0. The lowest BCUT2D eigenvalue weighted by Gasteiger charge is -2.09. The van der Waals surface area contributed by atoms with Crippen LogP contribution >= 0.6 is 0 Å². The SMILES string of the molecule is Cc1cc(C)c(O)c(CCCc2ccccc2)c1. The van der Waals surface area contributed by atoms with Crippen molar-refractivity contribution in [3.8, 4) is 5.75 Å². The van der Waals surface area contributed by atoms with Crippen LogP contribution in [0.2, 0.25) is 0 Å². The molecule has 0 amide bonds. The Labute approximate surface area is 109 Å². The third-order valence-corrected chi connectivity index (χ3v) is 3.28. The molecule has 0 aliphatic heterocycles. The first-order chi connectivity index (χ1) is 8.66. The summed E-state index contributed by atoms with van der Waals surface area (Å²) in [5.74, 6) is 0.466. The minimum atomic E-state index is 0.466. The summed E-state index contributed by atoms with van der Waals surface area (Å²) in [6, 6.07) is 14.6. The van der Waals surface area contributed by atoms with Crippen LogP contribution < -0.4 is 0 Å². The van der Waals surface area contributed by atoms with E-state index in [1.54, 1.807) is 0 Å². The molecule has 2 aromatic carbocycles. The molecule has 0 aromatic heterocycles. The highest BCUT2D eigenvalue weighted by atomic mass is 16.3. The molecule has 0 fully saturated rings. The van der Waals surface area contributed by atoms with Crippen LogP contribution in [0.4, 0.5) is 0 Å². The van der Waals surface area contributed by atoms with Crippen LogP contribution in [-0.4, -0.2) is 5.11 Å². The van der Waals surface area contributed by atoms with Crippen molar-refractivity contribution in [3.05, 3.63) is 64.7 Å². The maximum atomic E-state index is 10.0. The van der Waals surface area contributed by atoms with Crippen LogP contribution in [0.25, 0.3) is 0 Å². The predicted molar refractivity (Wildman–Crippen MR) is 76.0 cm³/mol. The second kappa shape index (κ2) is 5.72. The van der Waals surface area contributed by atoms with Gasteiger partial charge in [0.25, 0.3) is 0 Å². The van der Waals surface area contributed by atoms with Gasteiger partial charge in [0.05, 0.1) is 0 Å². The van der Waals surface area contributed by atoms with Crippen molar-refractivity contribution in [2.45, 2.75) is 33.1 Å². The fourth-order valence-electron chi connectivity index (χ4n) is 2.37. The Morgan fingerprint density at radius 2 is 1.67 bits per heavy atom. The standard InChI is InChI=1S/C17H20O/c1-13-11-14(2)17(18)16(12-13)10-6-9-15-7-4-3-5-8-15/h3-5,7-8,11-12,18H,6,9-10H2,1-2H3. The molecule has 0 spiro atoms. The Balaban J connectivity index is 1.99. The Bertz CT molecular complexity index is 515. The number of phenols is 1. The fourth-order valence-corrected chi connectivity index (χ4v) is 2.37. The minimum Gasteiger partial charge on any atom is -0.507 e. The van der Waals surface area contributed by atoms with E-state index in [0.717, 1.165) is 30.4 Å². The summed E-state index contributed by atoms with van der Waals surface area (Å²) in [6.45, 7) is 4.04.